The van der Waals surface area contributed by atoms with Crippen molar-refractivity contribution in [1.82, 2.24) is 29.6 Å². The van der Waals surface area contributed by atoms with E-state index in [0.717, 1.165) is 24.2 Å². The highest BCUT2D eigenvalue weighted by atomic mass is 16.2. The van der Waals surface area contributed by atoms with Crippen LogP contribution in [0.25, 0.3) is 0 Å². The Labute approximate surface area is 168 Å². The second-order valence-corrected chi connectivity index (χ2v) is 7.53. The fourth-order valence-electron chi connectivity index (χ4n) is 3.77. The van der Waals surface area contributed by atoms with E-state index in [4.69, 9.17) is 0 Å². The minimum atomic E-state index is -0.284. The van der Waals surface area contributed by atoms with Gasteiger partial charge in [0.15, 0.2) is 0 Å². The third kappa shape index (κ3) is 3.96. The molecule has 4 rings (SSSR count). The summed E-state index contributed by atoms with van der Waals surface area (Å²) < 4.78 is 1.52. The maximum Gasteiger partial charge on any atom is 0.264 e. The van der Waals surface area contributed by atoms with Crippen LogP contribution in [0.3, 0.4) is 0 Å². The van der Waals surface area contributed by atoms with E-state index in [9.17, 15) is 9.59 Å². The number of carbonyl (C=O) groups is 1. The van der Waals surface area contributed by atoms with Crippen molar-refractivity contribution >= 4 is 5.91 Å². The number of rotatable bonds is 4. The van der Waals surface area contributed by atoms with E-state index in [2.05, 4.69) is 20.2 Å². The van der Waals surface area contributed by atoms with Crippen LogP contribution in [0.4, 0.5) is 0 Å². The Morgan fingerprint density at radius 1 is 1.17 bits per heavy atom. The first-order valence-corrected chi connectivity index (χ1v) is 9.79. The maximum absolute atomic E-state index is 13.1. The molecule has 1 saturated heterocycles. The van der Waals surface area contributed by atoms with Crippen molar-refractivity contribution in [2.24, 2.45) is 0 Å². The van der Waals surface area contributed by atoms with Crippen molar-refractivity contribution in [3.05, 3.63) is 75.5 Å². The molecule has 3 aromatic heterocycles. The zero-order valence-electron chi connectivity index (χ0n) is 16.6. The summed E-state index contributed by atoms with van der Waals surface area (Å²) in [5, 5.41) is 7.03. The summed E-state index contributed by atoms with van der Waals surface area (Å²) in [5.74, 6) is 0.176. The monoisotopic (exact) mass is 392 g/mol. The summed E-state index contributed by atoms with van der Waals surface area (Å²) in [6, 6.07) is 3.80. The number of piperidine rings is 1. The number of aromatic nitrogens is 5. The lowest BCUT2D eigenvalue weighted by atomic mass is 9.93. The summed E-state index contributed by atoms with van der Waals surface area (Å²) in [5.41, 5.74) is 3.26. The molecule has 0 aromatic carbocycles. The van der Waals surface area contributed by atoms with Gasteiger partial charge in [-0.15, -0.1) is 0 Å². The van der Waals surface area contributed by atoms with E-state index in [-0.39, 0.29) is 23.6 Å². The minimum absolute atomic E-state index is 0.195. The Morgan fingerprint density at radius 3 is 2.62 bits per heavy atom. The number of amides is 1. The van der Waals surface area contributed by atoms with Crippen molar-refractivity contribution in [1.29, 1.82) is 0 Å². The molecule has 0 spiro atoms. The second kappa shape index (κ2) is 7.98. The summed E-state index contributed by atoms with van der Waals surface area (Å²) >= 11 is 0. The van der Waals surface area contributed by atoms with E-state index in [1.54, 1.807) is 29.7 Å². The van der Waals surface area contributed by atoms with E-state index in [0.29, 0.717) is 30.3 Å². The summed E-state index contributed by atoms with van der Waals surface area (Å²) in [6.07, 6.45) is 8.50. The number of likely N-dealkylation sites (tertiary alicyclic amines) is 1. The van der Waals surface area contributed by atoms with E-state index in [1.165, 1.54) is 4.57 Å². The highest BCUT2D eigenvalue weighted by Gasteiger charge is 2.27. The first kappa shape index (κ1) is 19.0. The molecule has 0 radical (unpaired) electrons. The molecule has 0 unspecified atom stereocenters. The van der Waals surface area contributed by atoms with Gasteiger partial charge in [0.1, 0.15) is 5.56 Å². The Hall–Kier alpha value is -3.29. The SMILES string of the molecule is Cc1cnc(Cn2ccc(C)c(C(=O)N3CCC(c4ccn[nH]4)CC3)c2=O)cn1. The normalized spacial score (nSPS) is 14.9. The van der Waals surface area contributed by atoms with E-state index < -0.39 is 0 Å². The van der Waals surface area contributed by atoms with Crippen molar-refractivity contribution in [3.8, 4) is 0 Å². The number of nitrogens with one attached hydrogen (secondary N) is 1. The molecule has 0 saturated carbocycles. The number of H-pyrrole nitrogens is 1. The average molecular weight is 392 g/mol. The third-order valence-electron chi connectivity index (χ3n) is 5.50. The largest absolute Gasteiger partial charge is 0.338 e. The first-order valence-electron chi connectivity index (χ1n) is 9.79. The number of nitrogens with zero attached hydrogens (tertiary/aromatic N) is 5. The zero-order chi connectivity index (χ0) is 20.4. The smallest absolute Gasteiger partial charge is 0.264 e. The van der Waals surface area contributed by atoms with E-state index in [1.807, 2.05) is 26.0 Å². The van der Waals surface area contributed by atoms with Crippen LogP contribution in [0, 0.1) is 13.8 Å². The molecule has 1 aliphatic rings. The third-order valence-corrected chi connectivity index (χ3v) is 5.50. The quantitative estimate of drug-likeness (QED) is 0.733. The average Bonchev–Trinajstić information content (AvgIpc) is 3.27. The van der Waals surface area contributed by atoms with Gasteiger partial charge in [0.05, 0.1) is 24.1 Å². The molecular formula is C21H24N6O2. The zero-order valence-corrected chi connectivity index (χ0v) is 16.6. The molecule has 29 heavy (non-hydrogen) atoms. The lowest BCUT2D eigenvalue weighted by molar-refractivity contribution is 0.0709. The van der Waals surface area contributed by atoms with Crippen LogP contribution in [0.1, 0.15) is 51.8 Å². The highest BCUT2D eigenvalue weighted by Crippen LogP contribution is 2.27. The molecule has 3 aromatic rings. The van der Waals surface area contributed by atoms with Crippen molar-refractivity contribution in [2.75, 3.05) is 13.1 Å². The number of hydrogen-bond donors (Lipinski definition) is 1. The number of aryl methyl sites for hydroxylation is 2. The van der Waals surface area contributed by atoms with Gasteiger partial charge >= 0.3 is 0 Å². The molecule has 8 heteroatoms. The number of carbonyl (C=O) groups excluding carboxylic acids is 1. The van der Waals surface area contributed by atoms with Gasteiger partial charge in [0.25, 0.3) is 11.5 Å². The molecule has 1 amide bonds. The molecule has 8 nitrogen and oxygen atoms in total. The van der Waals surface area contributed by atoms with Crippen LogP contribution in [0.15, 0.2) is 41.7 Å². The predicted octanol–water partition coefficient (Wildman–Crippen LogP) is 2.05. The van der Waals surface area contributed by atoms with Crippen LogP contribution in [0.2, 0.25) is 0 Å². The maximum atomic E-state index is 13.1. The van der Waals surface area contributed by atoms with Gasteiger partial charge in [-0.1, -0.05) is 0 Å². The highest BCUT2D eigenvalue weighted by molar-refractivity contribution is 5.95. The fraction of sp³-hybridized carbons (Fsp3) is 0.381. The minimum Gasteiger partial charge on any atom is -0.338 e. The standard InChI is InChI=1S/C21H24N6O2/c1-14-4-8-27(13-17-12-22-15(2)11-23-17)21(29)19(14)20(28)26-9-5-16(6-10-26)18-3-7-24-25-18/h3-4,7-8,11-12,16H,5-6,9-10,13H2,1-2H3,(H,24,25). The molecule has 4 heterocycles. The molecule has 0 bridgehead atoms. The van der Waals surface area contributed by atoms with Crippen LogP contribution in [-0.4, -0.2) is 48.6 Å². The van der Waals surface area contributed by atoms with Crippen molar-refractivity contribution < 1.29 is 4.79 Å². The Kier molecular flexibility index (Phi) is 5.24. The van der Waals surface area contributed by atoms with Crippen LogP contribution in [0.5, 0.6) is 0 Å². The van der Waals surface area contributed by atoms with Gasteiger partial charge in [0.2, 0.25) is 0 Å². The molecule has 0 aliphatic carbocycles. The molecule has 1 N–H and O–H groups in total. The Balaban J connectivity index is 1.52. The summed E-state index contributed by atoms with van der Waals surface area (Å²) in [4.78, 5) is 36.5. The molecular weight excluding hydrogens is 368 g/mol. The molecule has 0 atom stereocenters. The molecule has 150 valence electrons. The first-order chi connectivity index (χ1) is 14.0. The van der Waals surface area contributed by atoms with E-state index >= 15 is 0 Å². The van der Waals surface area contributed by atoms with Crippen molar-refractivity contribution in [2.45, 2.75) is 39.2 Å². The summed E-state index contributed by atoms with van der Waals surface area (Å²) in [6.45, 7) is 5.21. The van der Waals surface area contributed by atoms with Gasteiger partial charge in [-0.3, -0.25) is 24.7 Å². The second-order valence-electron chi connectivity index (χ2n) is 7.53. The Morgan fingerprint density at radius 2 is 1.97 bits per heavy atom. The van der Waals surface area contributed by atoms with Crippen LogP contribution < -0.4 is 5.56 Å². The number of aromatic amines is 1. The topological polar surface area (TPSA) is 96.8 Å². The van der Waals surface area contributed by atoms with Gasteiger partial charge in [-0.25, -0.2) is 0 Å². The fourth-order valence-corrected chi connectivity index (χ4v) is 3.77. The van der Waals surface area contributed by atoms with Gasteiger partial charge < -0.3 is 9.47 Å². The van der Waals surface area contributed by atoms with Crippen LogP contribution >= 0.6 is 0 Å². The summed E-state index contributed by atoms with van der Waals surface area (Å²) in [7, 11) is 0. The van der Waals surface area contributed by atoms with Gasteiger partial charge in [0, 0.05) is 43.3 Å². The van der Waals surface area contributed by atoms with Gasteiger partial charge in [-0.2, -0.15) is 5.10 Å². The number of pyridine rings is 1. The molecule has 1 fully saturated rings. The number of hydrogen-bond acceptors (Lipinski definition) is 5. The van der Waals surface area contributed by atoms with Crippen LogP contribution in [-0.2, 0) is 6.54 Å². The Bertz CT molecular complexity index is 1050. The van der Waals surface area contributed by atoms with Crippen molar-refractivity contribution in [3.63, 3.8) is 0 Å². The molecule has 1 aliphatic heterocycles. The lowest BCUT2D eigenvalue weighted by Crippen LogP contribution is -2.41. The lowest BCUT2D eigenvalue weighted by Gasteiger charge is -2.31. The predicted molar refractivity (Wildman–Crippen MR) is 108 cm³/mol. The van der Waals surface area contributed by atoms with Gasteiger partial charge in [-0.05, 0) is 44.4 Å².